The average molecular weight is 251 g/mol. The molecule has 1 aliphatic carbocycles. The molecule has 2 rings (SSSR count). The normalized spacial score (nSPS) is 17.1. The minimum atomic E-state index is 0.239. The summed E-state index contributed by atoms with van der Waals surface area (Å²) in [6.45, 7) is 3.93. The first kappa shape index (κ1) is 12.6. The molecule has 1 aromatic rings. The van der Waals surface area contributed by atoms with E-state index in [0.29, 0.717) is 5.78 Å². The van der Waals surface area contributed by atoms with Gasteiger partial charge in [-0.25, -0.2) is 0 Å². The second-order valence-electron chi connectivity index (χ2n) is 5.12. The molecular formula is C15H19ClO. The molecule has 0 heterocycles. The zero-order chi connectivity index (χ0) is 12.4. The summed E-state index contributed by atoms with van der Waals surface area (Å²) in [5, 5.41) is 0.752. The summed E-state index contributed by atoms with van der Waals surface area (Å²) in [7, 11) is 0. The van der Waals surface area contributed by atoms with Crippen LogP contribution in [0.1, 0.15) is 53.6 Å². The molecule has 2 heteroatoms. The van der Waals surface area contributed by atoms with Crippen molar-refractivity contribution in [3.63, 3.8) is 0 Å². The second kappa shape index (κ2) is 5.22. The van der Waals surface area contributed by atoms with Crippen LogP contribution >= 0.6 is 11.6 Å². The molecule has 0 saturated heterocycles. The SMILES string of the molecule is Cc1cc(C(=O)C2CCCCC2)c(C)cc1Cl. The van der Waals surface area contributed by atoms with Crippen LogP contribution in [-0.2, 0) is 0 Å². The van der Waals surface area contributed by atoms with E-state index < -0.39 is 0 Å². The summed E-state index contributed by atoms with van der Waals surface area (Å²) in [6.07, 6.45) is 5.78. The van der Waals surface area contributed by atoms with E-state index in [9.17, 15) is 4.79 Å². The molecule has 0 radical (unpaired) electrons. The quantitative estimate of drug-likeness (QED) is 0.694. The van der Waals surface area contributed by atoms with Crippen LogP contribution in [0.2, 0.25) is 5.02 Å². The largest absolute Gasteiger partial charge is 0.294 e. The molecule has 1 fully saturated rings. The minimum Gasteiger partial charge on any atom is -0.294 e. The smallest absolute Gasteiger partial charge is 0.166 e. The maximum atomic E-state index is 12.4. The van der Waals surface area contributed by atoms with Crippen LogP contribution < -0.4 is 0 Å². The van der Waals surface area contributed by atoms with Crippen LogP contribution in [0.5, 0.6) is 0 Å². The fourth-order valence-electron chi connectivity index (χ4n) is 2.63. The lowest BCUT2D eigenvalue weighted by Gasteiger charge is -2.21. The molecule has 0 bridgehead atoms. The summed E-state index contributed by atoms with van der Waals surface area (Å²) < 4.78 is 0. The Labute approximate surface area is 108 Å². The van der Waals surface area contributed by atoms with E-state index in [0.717, 1.165) is 34.6 Å². The lowest BCUT2D eigenvalue weighted by Crippen LogP contribution is -2.18. The van der Waals surface area contributed by atoms with Gasteiger partial charge in [-0.15, -0.1) is 0 Å². The van der Waals surface area contributed by atoms with Crippen LogP contribution in [0.15, 0.2) is 12.1 Å². The van der Waals surface area contributed by atoms with E-state index in [1.165, 1.54) is 19.3 Å². The maximum absolute atomic E-state index is 12.4. The lowest BCUT2D eigenvalue weighted by molar-refractivity contribution is 0.0889. The zero-order valence-corrected chi connectivity index (χ0v) is 11.3. The standard InChI is InChI=1S/C15H19ClO/c1-10-9-14(16)11(2)8-13(10)15(17)12-6-4-3-5-7-12/h8-9,12H,3-7H2,1-2H3. The number of halogens is 1. The van der Waals surface area contributed by atoms with E-state index in [1.54, 1.807) is 0 Å². The molecule has 0 unspecified atom stereocenters. The summed E-state index contributed by atoms with van der Waals surface area (Å²) in [5.74, 6) is 0.560. The first-order chi connectivity index (χ1) is 8.09. The number of hydrogen-bond acceptors (Lipinski definition) is 1. The monoisotopic (exact) mass is 250 g/mol. The van der Waals surface area contributed by atoms with Gasteiger partial charge in [0.2, 0.25) is 0 Å². The molecule has 0 amide bonds. The highest BCUT2D eigenvalue weighted by atomic mass is 35.5. The number of aryl methyl sites for hydroxylation is 2. The molecular weight excluding hydrogens is 232 g/mol. The van der Waals surface area contributed by atoms with Gasteiger partial charge in [-0.1, -0.05) is 30.9 Å². The Morgan fingerprint density at radius 2 is 1.76 bits per heavy atom. The molecule has 0 atom stereocenters. The molecule has 1 saturated carbocycles. The van der Waals surface area contributed by atoms with Crippen LogP contribution in [0.3, 0.4) is 0 Å². The Balaban J connectivity index is 2.26. The number of hydrogen-bond donors (Lipinski definition) is 0. The first-order valence-electron chi connectivity index (χ1n) is 6.40. The summed E-state index contributed by atoms with van der Waals surface area (Å²) in [5.41, 5.74) is 2.88. The Morgan fingerprint density at radius 3 is 2.41 bits per heavy atom. The van der Waals surface area contributed by atoms with Crippen molar-refractivity contribution in [3.8, 4) is 0 Å². The lowest BCUT2D eigenvalue weighted by atomic mass is 9.82. The van der Waals surface area contributed by atoms with Crippen LogP contribution in [0.4, 0.5) is 0 Å². The molecule has 1 aromatic carbocycles. The van der Waals surface area contributed by atoms with Crippen LogP contribution in [0.25, 0.3) is 0 Å². The van der Waals surface area contributed by atoms with Crippen molar-refractivity contribution in [2.24, 2.45) is 5.92 Å². The van der Waals surface area contributed by atoms with Gasteiger partial charge in [-0.2, -0.15) is 0 Å². The molecule has 1 nitrogen and oxygen atoms in total. The maximum Gasteiger partial charge on any atom is 0.166 e. The number of ketones is 1. The second-order valence-corrected chi connectivity index (χ2v) is 5.52. The predicted octanol–water partition coefficient (Wildman–Crippen LogP) is 4.72. The summed E-state index contributed by atoms with van der Waals surface area (Å²) in [4.78, 5) is 12.4. The van der Waals surface area contributed by atoms with E-state index in [4.69, 9.17) is 11.6 Å². The molecule has 92 valence electrons. The third-order valence-electron chi connectivity index (χ3n) is 3.75. The highest BCUT2D eigenvalue weighted by molar-refractivity contribution is 6.31. The van der Waals surface area contributed by atoms with Crippen molar-refractivity contribution < 1.29 is 4.79 Å². The van der Waals surface area contributed by atoms with Crippen molar-refractivity contribution in [2.75, 3.05) is 0 Å². The molecule has 0 N–H and O–H groups in total. The fraction of sp³-hybridized carbons (Fsp3) is 0.533. The van der Waals surface area contributed by atoms with Gasteiger partial charge in [0.1, 0.15) is 0 Å². The Bertz CT molecular complexity index is 431. The topological polar surface area (TPSA) is 17.1 Å². The Morgan fingerprint density at radius 1 is 1.12 bits per heavy atom. The van der Waals surface area contributed by atoms with Gasteiger partial charge in [0.25, 0.3) is 0 Å². The van der Waals surface area contributed by atoms with Gasteiger partial charge in [0, 0.05) is 16.5 Å². The van der Waals surface area contributed by atoms with E-state index in [2.05, 4.69) is 0 Å². The number of Topliss-reactive ketones (excluding diaryl/α,β-unsaturated/α-hetero) is 1. The summed E-state index contributed by atoms with van der Waals surface area (Å²) >= 11 is 6.07. The van der Waals surface area contributed by atoms with Gasteiger partial charge < -0.3 is 0 Å². The van der Waals surface area contributed by atoms with Gasteiger partial charge >= 0.3 is 0 Å². The first-order valence-corrected chi connectivity index (χ1v) is 6.78. The Kier molecular flexibility index (Phi) is 3.88. The van der Waals surface area contributed by atoms with E-state index in [1.807, 2.05) is 26.0 Å². The van der Waals surface area contributed by atoms with Crippen molar-refractivity contribution in [2.45, 2.75) is 46.0 Å². The highest BCUT2D eigenvalue weighted by Crippen LogP contribution is 2.29. The average Bonchev–Trinajstić information content (AvgIpc) is 2.34. The number of rotatable bonds is 2. The number of carbonyl (C=O) groups excluding carboxylic acids is 1. The van der Waals surface area contributed by atoms with Crippen LogP contribution in [0, 0.1) is 19.8 Å². The third-order valence-corrected chi connectivity index (χ3v) is 4.15. The zero-order valence-electron chi connectivity index (χ0n) is 10.6. The fourth-order valence-corrected chi connectivity index (χ4v) is 2.85. The minimum absolute atomic E-state index is 0.239. The third kappa shape index (κ3) is 2.71. The van der Waals surface area contributed by atoms with Crippen molar-refractivity contribution in [1.82, 2.24) is 0 Å². The number of benzene rings is 1. The molecule has 0 aromatic heterocycles. The van der Waals surface area contributed by atoms with Crippen molar-refractivity contribution >= 4 is 17.4 Å². The highest BCUT2D eigenvalue weighted by Gasteiger charge is 2.23. The number of carbonyl (C=O) groups is 1. The van der Waals surface area contributed by atoms with Gasteiger partial charge in [0.15, 0.2) is 5.78 Å². The molecule has 1 aliphatic rings. The molecule has 17 heavy (non-hydrogen) atoms. The molecule has 0 spiro atoms. The van der Waals surface area contributed by atoms with Gasteiger partial charge in [0.05, 0.1) is 0 Å². The van der Waals surface area contributed by atoms with E-state index >= 15 is 0 Å². The van der Waals surface area contributed by atoms with Crippen molar-refractivity contribution in [3.05, 3.63) is 33.8 Å². The van der Waals surface area contributed by atoms with E-state index in [-0.39, 0.29) is 5.92 Å². The van der Waals surface area contributed by atoms with Crippen molar-refractivity contribution in [1.29, 1.82) is 0 Å². The summed E-state index contributed by atoms with van der Waals surface area (Å²) in [6, 6.07) is 3.86. The Hall–Kier alpha value is -0.820. The van der Waals surface area contributed by atoms with Gasteiger partial charge in [-0.3, -0.25) is 4.79 Å². The molecule has 0 aliphatic heterocycles. The predicted molar refractivity (Wildman–Crippen MR) is 71.8 cm³/mol. The van der Waals surface area contributed by atoms with Gasteiger partial charge in [-0.05, 0) is 49.9 Å². The van der Waals surface area contributed by atoms with Crippen LogP contribution in [-0.4, -0.2) is 5.78 Å².